The van der Waals surface area contributed by atoms with E-state index in [2.05, 4.69) is 19.2 Å². The van der Waals surface area contributed by atoms with Crippen LogP contribution in [0.25, 0.3) is 0 Å². The molecule has 0 amide bonds. The molecule has 1 aliphatic rings. The minimum absolute atomic E-state index is 0.0123. The second-order valence-electron chi connectivity index (χ2n) is 5.71. The lowest BCUT2D eigenvalue weighted by atomic mass is 9.82. The van der Waals surface area contributed by atoms with E-state index in [0.717, 1.165) is 13.1 Å². The summed E-state index contributed by atoms with van der Waals surface area (Å²) in [5, 5.41) is 3.23. The van der Waals surface area contributed by atoms with E-state index >= 15 is 0 Å². The number of hydrogen-bond donors (Lipinski definition) is 1. The molecule has 0 aromatic rings. The Balaban J connectivity index is 2.62. The summed E-state index contributed by atoms with van der Waals surface area (Å²) in [6.45, 7) is 11.5. The van der Waals surface area contributed by atoms with Gasteiger partial charge in [-0.2, -0.15) is 0 Å². The molecule has 1 N–H and O–H groups in total. The van der Waals surface area contributed by atoms with Crippen LogP contribution in [0.4, 0.5) is 0 Å². The van der Waals surface area contributed by atoms with Crippen molar-refractivity contribution in [2.24, 2.45) is 11.3 Å². The molecule has 1 heterocycles. The lowest BCUT2D eigenvalue weighted by Gasteiger charge is -2.28. The highest BCUT2D eigenvalue weighted by Gasteiger charge is 2.41. The third-order valence-electron chi connectivity index (χ3n) is 2.56. The predicted molar refractivity (Wildman–Crippen MR) is 56.0 cm³/mol. The summed E-state index contributed by atoms with van der Waals surface area (Å²) in [6.07, 6.45) is 0. The first-order valence-corrected chi connectivity index (χ1v) is 5.16. The molecule has 0 unspecified atom stereocenters. The maximum atomic E-state index is 11.8. The molecule has 1 aliphatic heterocycles. The van der Waals surface area contributed by atoms with Crippen molar-refractivity contribution in [3.05, 3.63) is 0 Å². The summed E-state index contributed by atoms with van der Waals surface area (Å²) in [7, 11) is 0. The van der Waals surface area contributed by atoms with Crippen molar-refractivity contribution in [2.45, 2.75) is 40.2 Å². The smallest absolute Gasteiger partial charge is 0.311 e. The van der Waals surface area contributed by atoms with Crippen LogP contribution in [0.1, 0.15) is 34.6 Å². The molecule has 0 bridgehead atoms. The SMILES string of the molecule is CC(C)(C)OC(=O)[C@H]1CNCC1(C)C. The molecule has 1 rings (SSSR count). The van der Waals surface area contributed by atoms with E-state index in [4.69, 9.17) is 4.74 Å². The van der Waals surface area contributed by atoms with Crippen LogP contribution in [0.5, 0.6) is 0 Å². The van der Waals surface area contributed by atoms with Crippen LogP contribution in [0.3, 0.4) is 0 Å². The minimum atomic E-state index is -0.379. The van der Waals surface area contributed by atoms with Gasteiger partial charge in [-0.15, -0.1) is 0 Å². The van der Waals surface area contributed by atoms with Crippen LogP contribution < -0.4 is 5.32 Å². The van der Waals surface area contributed by atoms with E-state index in [1.165, 1.54) is 0 Å². The number of nitrogens with one attached hydrogen (secondary N) is 1. The molecule has 1 atom stereocenters. The zero-order valence-electron chi connectivity index (χ0n) is 9.81. The first kappa shape index (κ1) is 11.5. The fraction of sp³-hybridized carbons (Fsp3) is 0.909. The topological polar surface area (TPSA) is 38.3 Å². The van der Waals surface area contributed by atoms with Gasteiger partial charge in [0, 0.05) is 13.1 Å². The van der Waals surface area contributed by atoms with Crippen LogP contribution >= 0.6 is 0 Å². The molecule has 0 radical (unpaired) electrons. The molecule has 0 saturated carbocycles. The molecule has 0 aliphatic carbocycles. The van der Waals surface area contributed by atoms with E-state index < -0.39 is 0 Å². The van der Waals surface area contributed by atoms with Crippen molar-refractivity contribution in [1.29, 1.82) is 0 Å². The summed E-state index contributed by atoms with van der Waals surface area (Å²) in [5.74, 6) is -0.0887. The predicted octanol–water partition coefficient (Wildman–Crippen LogP) is 1.57. The van der Waals surface area contributed by atoms with E-state index in [0.29, 0.717) is 0 Å². The Labute approximate surface area is 86.2 Å². The molecule has 3 nitrogen and oxygen atoms in total. The van der Waals surface area contributed by atoms with Crippen LogP contribution in [-0.2, 0) is 9.53 Å². The molecule has 1 saturated heterocycles. The Morgan fingerprint density at radius 1 is 1.43 bits per heavy atom. The second kappa shape index (κ2) is 3.54. The van der Waals surface area contributed by atoms with Crippen molar-refractivity contribution in [1.82, 2.24) is 5.32 Å². The highest BCUT2D eigenvalue weighted by molar-refractivity contribution is 5.74. The Hall–Kier alpha value is -0.570. The van der Waals surface area contributed by atoms with Gasteiger partial charge in [0.05, 0.1) is 5.92 Å². The van der Waals surface area contributed by atoms with Gasteiger partial charge in [-0.3, -0.25) is 4.79 Å². The van der Waals surface area contributed by atoms with Gasteiger partial charge in [-0.05, 0) is 26.2 Å². The Kier molecular flexibility index (Phi) is 2.91. The fourth-order valence-electron chi connectivity index (χ4n) is 1.71. The van der Waals surface area contributed by atoms with E-state index in [1.807, 2.05) is 20.8 Å². The highest BCUT2D eigenvalue weighted by atomic mass is 16.6. The van der Waals surface area contributed by atoms with Crippen LogP contribution in [0, 0.1) is 11.3 Å². The molecular weight excluding hydrogens is 178 g/mol. The van der Waals surface area contributed by atoms with Crippen molar-refractivity contribution < 1.29 is 9.53 Å². The standard InChI is InChI=1S/C11H21NO2/c1-10(2,3)14-9(13)8-6-12-7-11(8,4)5/h8,12H,6-7H2,1-5H3/t8-/m1/s1. The molecular formula is C11H21NO2. The molecule has 82 valence electrons. The van der Waals surface area contributed by atoms with Crippen molar-refractivity contribution >= 4 is 5.97 Å². The number of esters is 1. The van der Waals surface area contributed by atoms with Crippen molar-refractivity contribution in [3.8, 4) is 0 Å². The molecule has 0 aromatic carbocycles. The number of rotatable bonds is 1. The molecule has 0 aromatic heterocycles. The van der Waals surface area contributed by atoms with Crippen molar-refractivity contribution in [2.75, 3.05) is 13.1 Å². The van der Waals surface area contributed by atoms with E-state index in [-0.39, 0.29) is 22.9 Å². The zero-order valence-corrected chi connectivity index (χ0v) is 9.81. The third-order valence-corrected chi connectivity index (χ3v) is 2.56. The summed E-state index contributed by atoms with van der Waals surface area (Å²) >= 11 is 0. The monoisotopic (exact) mass is 199 g/mol. The van der Waals surface area contributed by atoms with Gasteiger partial charge in [0.25, 0.3) is 0 Å². The average Bonchev–Trinajstić information content (AvgIpc) is 2.25. The first-order valence-electron chi connectivity index (χ1n) is 5.16. The van der Waals surface area contributed by atoms with Gasteiger partial charge in [-0.1, -0.05) is 13.8 Å². The summed E-state index contributed by atoms with van der Waals surface area (Å²) in [4.78, 5) is 11.8. The quantitative estimate of drug-likeness (QED) is 0.651. The van der Waals surface area contributed by atoms with Crippen LogP contribution in [-0.4, -0.2) is 24.7 Å². The Morgan fingerprint density at radius 2 is 2.00 bits per heavy atom. The molecule has 1 fully saturated rings. The van der Waals surface area contributed by atoms with Gasteiger partial charge in [0.15, 0.2) is 0 Å². The minimum Gasteiger partial charge on any atom is -0.460 e. The number of ether oxygens (including phenoxy) is 1. The lowest BCUT2D eigenvalue weighted by molar-refractivity contribution is -0.162. The molecule has 0 spiro atoms. The summed E-state index contributed by atoms with van der Waals surface area (Å²) in [5.41, 5.74) is -0.363. The molecule has 3 heteroatoms. The average molecular weight is 199 g/mol. The summed E-state index contributed by atoms with van der Waals surface area (Å²) in [6, 6.07) is 0. The number of hydrogen-bond acceptors (Lipinski definition) is 3. The van der Waals surface area contributed by atoms with Gasteiger partial charge in [0.2, 0.25) is 0 Å². The van der Waals surface area contributed by atoms with E-state index in [1.54, 1.807) is 0 Å². The maximum absolute atomic E-state index is 11.8. The van der Waals surface area contributed by atoms with E-state index in [9.17, 15) is 4.79 Å². The van der Waals surface area contributed by atoms with Gasteiger partial charge in [-0.25, -0.2) is 0 Å². The number of carbonyl (C=O) groups is 1. The fourth-order valence-corrected chi connectivity index (χ4v) is 1.71. The van der Waals surface area contributed by atoms with Gasteiger partial charge < -0.3 is 10.1 Å². The van der Waals surface area contributed by atoms with Crippen LogP contribution in [0.15, 0.2) is 0 Å². The van der Waals surface area contributed by atoms with Crippen LogP contribution in [0.2, 0.25) is 0 Å². The zero-order chi connectivity index (χ0) is 11.0. The number of carbonyl (C=O) groups excluding carboxylic acids is 1. The Bertz CT molecular complexity index is 228. The Morgan fingerprint density at radius 3 is 2.36 bits per heavy atom. The van der Waals surface area contributed by atoms with Gasteiger partial charge in [0.1, 0.15) is 5.60 Å². The maximum Gasteiger partial charge on any atom is 0.311 e. The van der Waals surface area contributed by atoms with Gasteiger partial charge >= 0.3 is 5.97 Å². The highest BCUT2D eigenvalue weighted by Crippen LogP contribution is 2.32. The lowest BCUT2D eigenvalue weighted by Crippen LogP contribution is -2.35. The van der Waals surface area contributed by atoms with Crippen molar-refractivity contribution in [3.63, 3.8) is 0 Å². The molecule has 14 heavy (non-hydrogen) atoms. The second-order valence-corrected chi connectivity index (χ2v) is 5.71. The summed E-state index contributed by atoms with van der Waals surface area (Å²) < 4.78 is 5.38. The largest absolute Gasteiger partial charge is 0.460 e. The normalized spacial score (nSPS) is 26.2. The first-order chi connectivity index (χ1) is 6.22. The third kappa shape index (κ3) is 2.71.